The fourth-order valence-electron chi connectivity index (χ4n) is 7.75. The summed E-state index contributed by atoms with van der Waals surface area (Å²) < 4.78 is 6.56. The van der Waals surface area contributed by atoms with Crippen LogP contribution in [0.5, 0.6) is 0 Å². The summed E-state index contributed by atoms with van der Waals surface area (Å²) in [5.41, 5.74) is 9.68. The van der Waals surface area contributed by atoms with Gasteiger partial charge in [-0.3, -0.25) is 0 Å². The largest absolute Gasteiger partial charge is 0.455 e. The van der Waals surface area contributed by atoms with E-state index < -0.39 is 0 Å². The minimum Gasteiger partial charge on any atom is -0.455 e. The van der Waals surface area contributed by atoms with Gasteiger partial charge in [-0.15, -0.1) is 0 Å². The number of anilines is 3. The van der Waals surface area contributed by atoms with Crippen LogP contribution < -0.4 is 4.90 Å². The van der Waals surface area contributed by atoms with Crippen molar-refractivity contribution in [3.63, 3.8) is 0 Å². The van der Waals surface area contributed by atoms with Gasteiger partial charge < -0.3 is 9.32 Å². The van der Waals surface area contributed by atoms with E-state index in [1.807, 2.05) is 12.1 Å². The predicted molar refractivity (Wildman–Crippen MR) is 212 cm³/mol. The molecule has 0 aliphatic heterocycles. The number of para-hydroxylation sites is 3. The molecule has 0 N–H and O–H groups in total. The van der Waals surface area contributed by atoms with E-state index in [0.717, 1.165) is 50.1 Å². The van der Waals surface area contributed by atoms with E-state index in [2.05, 4.69) is 181 Å². The summed E-state index contributed by atoms with van der Waals surface area (Å²) in [6, 6.07) is 67.5. The van der Waals surface area contributed by atoms with E-state index in [1.54, 1.807) is 0 Å². The first-order chi connectivity index (χ1) is 24.8. The zero-order valence-electron chi connectivity index (χ0n) is 27.3. The van der Waals surface area contributed by atoms with E-state index in [1.165, 1.54) is 43.4 Å². The molecule has 2 nitrogen and oxygen atoms in total. The molecule has 1 heterocycles. The lowest BCUT2D eigenvalue weighted by Crippen LogP contribution is -2.11. The second kappa shape index (κ2) is 11.5. The molecule has 0 aliphatic rings. The van der Waals surface area contributed by atoms with Gasteiger partial charge in [0.1, 0.15) is 11.2 Å². The first-order valence-corrected chi connectivity index (χ1v) is 17.1. The Balaban J connectivity index is 1.18. The standard InChI is InChI=1S/C48H31NO/c1-3-15-36-33(13-1)28-31-40-37(19-10-20-39(36)40)34-26-29-35(30-27-34)49(45-24-9-14-32-12-2-4-16-38(32)45)46-23-7-5-17-41(46)43-21-11-22-44-42-18-6-8-25-47(42)50-48(43)44/h1-31H. The van der Waals surface area contributed by atoms with Crippen LogP contribution in [0, 0.1) is 0 Å². The van der Waals surface area contributed by atoms with E-state index in [9.17, 15) is 0 Å². The summed E-state index contributed by atoms with van der Waals surface area (Å²) in [6.45, 7) is 0. The SMILES string of the molecule is c1ccc(N(c2ccc(-c3cccc4c3ccc3ccccc34)cc2)c2cccc3ccccc23)c(-c2cccc3c2oc2ccccc23)c1. The van der Waals surface area contributed by atoms with Gasteiger partial charge in [-0.2, -0.15) is 0 Å². The number of hydrogen-bond acceptors (Lipinski definition) is 2. The third-order valence-electron chi connectivity index (χ3n) is 10.1. The molecule has 0 spiro atoms. The van der Waals surface area contributed by atoms with E-state index >= 15 is 0 Å². The van der Waals surface area contributed by atoms with Gasteiger partial charge >= 0.3 is 0 Å². The monoisotopic (exact) mass is 637 g/mol. The van der Waals surface area contributed by atoms with Gasteiger partial charge in [-0.1, -0.05) is 158 Å². The molecule has 0 bridgehead atoms. The van der Waals surface area contributed by atoms with Crippen LogP contribution in [-0.2, 0) is 0 Å². The number of hydrogen-bond donors (Lipinski definition) is 0. The zero-order chi connectivity index (χ0) is 33.0. The summed E-state index contributed by atoms with van der Waals surface area (Å²) >= 11 is 0. The van der Waals surface area contributed by atoms with Crippen molar-refractivity contribution in [1.82, 2.24) is 0 Å². The third kappa shape index (κ3) is 4.50. The third-order valence-corrected chi connectivity index (χ3v) is 10.1. The van der Waals surface area contributed by atoms with Crippen LogP contribution in [0.4, 0.5) is 17.1 Å². The second-order valence-electron chi connectivity index (χ2n) is 12.9. The Hall–Kier alpha value is -6.64. The average molecular weight is 638 g/mol. The van der Waals surface area contributed by atoms with Gasteiger partial charge in [0, 0.05) is 33.0 Å². The molecule has 2 heteroatoms. The van der Waals surface area contributed by atoms with Crippen LogP contribution in [0.3, 0.4) is 0 Å². The molecule has 234 valence electrons. The zero-order valence-corrected chi connectivity index (χ0v) is 27.3. The second-order valence-corrected chi connectivity index (χ2v) is 12.9. The van der Waals surface area contributed by atoms with Gasteiger partial charge in [0.15, 0.2) is 0 Å². The maximum Gasteiger partial charge on any atom is 0.143 e. The summed E-state index contributed by atoms with van der Waals surface area (Å²) in [7, 11) is 0. The van der Waals surface area contributed by atoms with E-state index in [4.69, 9.17) is 4.42 Å². The number of furan rings is 1. The highest BCUT2D eigenvalue weighted by Crippen LogP contribution is 2.46. The predicted octanol–water partition coefficient (Wildman–Crippen LogP) is 13.8. The molecule has 0 aliphatic carbocycles. The Kier molecular flexibility index (Phi) is 6.53. The highest BCUT2D eigenvalue weighted by molar-refractivity contribution is 6.13. The Labute approximate surface area is 290 Å². The van der Waals surface area contributed by atoms with Crippen molar-refractivity contribution in [2.24, 2.45) is 0 Å². The van der Waals surface area contributed by atoms with Crippen LogP contribution in [-0.4, -0.2) is 0 Å². The minimum atomic E-state index is 0.898. The summed E-state index contributed by atoms with van der Waals surface area (Å²) in [5.74, 6) is 0. The van der Waals surface area contributed by atoms with E-state index in [-0.39, 0.29) is 0 Å². The number of nitrogens with zero attached hydrogens (tertiary/aromatic N) is 1. The van der Waals surface area contributed by atoms with Crippen molar-refractivity contribution >= 4 is 71.3 Å². The van der Waals surface area contributed by atoms with E-state index in [0.29, 0.717) is 0 Å². The number of rotatable bonds is 5. The highest BCUT2D eigenvalue weighted by atomic mass is 16.3. The Bertz CT molecular complexity index is 2870. The minimum absolute atomic E-state index is 0.898. The number of benzene rings is 9. The maximum absolute atomic E-state index is 6.56. The first kappa shape index (κ1) is 28.4. The normalized spacial score (nSPS) is 11.6. The molecule has 0 amide bonds. The van der Waals surface area contributed by atoms with Crippen LogP contribution in [0.25, 0.3) is 76.5 Å². The molecule has 9 aromatic carbocycles. The lowest BCUT2D eigenvalue weighted by Gasteiger charge is -2.29. The smallest absolute Gasteiger partial charge is 0.143 e. The molecule has 0 radical (unpaired) electrons. The lowest BCUT2D eigenvalue weighted by atomic mass is 9.94. The average Bonchev–Trinajstić information content (AvgIpc) is 3.57. The van der Waals surface area contributed by atoms with Crippen molar-refractivity contribution in [1.29, 1.82) is 0 Å². The summed E-state index contributed by atoms with van der Waals surface area (Å²) in [5, 5.41) is 9.71. The molecule has 10 aromatic rings. The fraction of sp³-hybridized carbons (Fsp3) is 0. The molecule has 10 rings (SSSR count). The van der Waals surface area contributed by atoms with Gasteiger partial charge in [0.25, 0.3) is 0 Å². The molecule has 1 aromatic heterocycles. The summed E-state index contributed by atoms with van der Waals surface area (Å²) in [4.78, 5) is 2.40. The molecule has 0 fully saturated rings. The molecular weight excluding hydrogens is 607 g/mol. The van der Waals surface area contributed by atoms with Crippen molar-refractivity contribution < 1.29 is 4.42 Å². The maximum atomic E-state index is 6.56. The van der Waals surface area contributed by atoms with Gasteiger partial charge in [0.2, 0.25) is 0 Å². The molecule has 0 unspecified atom stereocenters. The Morgan fingerprint density at radius 2 is 0.900 bits per heavy atom. The first-order valence-electron chi connectivity index (χ1n) is 17.1. The molecule has 0 saturated heterocycles. The molecule has 50 heavy (non-hydrogen) atoms. The molecule has 0 saturated carbocycles. The van der Waals surface area contributed by atoms with Crippen LogP contribution in [0.1, 0.15) is 0 Å². The highest BCUT2D eigenvalue weighted by Gasteiger charge is 2.21. The number of fused-ring (bicyclic) bond motifs is 7. The van der Waals surface area contributed by atoms with Crippen molar-refractivity contribution in [3.8, 4) is 22.3 Å². The van der Waals surface area contributed by atoms with Crippen molar-refractivity contribution in [2.75, 3.05) is 4.90 Å². The van der Waals surface area contributed by atoms with Crippen LogP contribution in [0.15, 0.2) is 192 Å². The van der Waals surface area contributed by atoms with Gasteiger partial charge in [-0.25, -0.2) is 0 Å². The van der Waals surface area contributed by atoms with Crippen LogP contribution >= 0.6 is 0 Å². The quantitative estimate of drug-likeness (QED) is 0.175. The molecule has 0 atom stereocenters. The van der Waals surface area contributed by atoms with Crippen LogP contribution in [0.2, 0.25) is 0 Å². The van der Waals surface area contributed by atoms with Gasteiger partial charge in [-0.05, 0) is 68.4 Å². The lowest BCUT2D eigenvalue weighted by molar-refractivity contribution is 0.670. The topological polar surface area (TPSA) is 16.4 Å². The fourth-order valence-corrected chi connectivity index (χ4v) is 7.75. The summed E-state index contributed by atoms with van der Waals surface area (Å²) in [6.07, 6.45) is 0. The Morgan fingerprint density at radius 3 is 1.76 bits per heavy atom. The van der Waals surface area contributed by atoms with Crippen molar-refractivity contribution in [2.45, 2.75) is 0 Å². The Morgan fingerprint density at radius 1 is 0.320 bits per heavy atom. The molecular formula is C48H31NO. The van der Waals surface area contributed by atoms with Crippen molar-refractivity contribution in [3.05, 3.63) is 188 Å². The van der Waals surface area contributed by atoms with Gasteiger partial charge in [0.05, 0.1) is 11.4 Å².